The lowest BCUT2D eigenvalue weighted by molar-refractivity contribution is -0.118. The number of benzene rings is 2. The molecule has 0 aliphatic carbocycles. The first-order valence-electron chi connectivity index (χ1n) is 10.8. The number of thioether (sulfide) groups is 1. The van der Waals surface area contributed by atoms with Gasteiger partial charge in [-0.1, -0.05) is 47.6 Å². The van der Waals surface area contributed by atoms with Crippen LogP contribution < -0.4 is 10.9 Å². The summed E-state index contributed by atoms with van der Waals surface area (Å²) in [5, 5.41) is 4.81. The van der Waals surface area contributed by atoms with E-state index in [1.54, 1.807) is 16.7 Å². The Morgan fingerprint density at radius 3 is 2.82 bits per heavy atom. The third-order valence-corrected chi connectivity index (χ3v) is 6.82. The Morgan fingerprint density at radius 2 is 2.03 bits per heavy atom. The zero-order valence-electron chi connectivity index (χ0n) is 17.8. The quantitative estimate of drug-likeness (QED) is 0.310. The van der Waals surface area contributed by atoms with Crippen LogP contribution in [0.2, 0.25) is 5.02 Å². The fourth-order valence-corrected chi connectivity index (χ4v) is 4.86. The lowest BCUT2D eigenvalue weighted by Crippen LogP contribution is -2.29. The summed E-state index contributed by atoms with van der Waals surface area (Å²) in [6.45, 7) is 1.47. The molecular weight excluding hydrogens is 462 g/mol. The van der Waals surface area contributed by atoms with Gasteiger partial charge in [0.15, 0.2) is 5.16 Å². The van der Waals surface area contributed by atoms with Crippen LogP contribution in [0.1, 0.15) is 18.4 Å². The van der Waals surface area contributed by atoms with Crippen LogP contribution in [0.4, 0.5) is 0 Å². The van der Waals surface area contributed by atoms with Crippen LogP contribution >= 0.6 is 23.4 Å². The number of hydrogen-bond donors (Lipinski definition) is 1. The topological polar surface area (TPSA) is 86.4 Å². The van der Waals surface area contributed by atoms with E-state index in [4.69, 9.17) is 25.7 Å². The molecule has 33 heavy (non-hydrogen) atoms. The van der Waals surface area contributed by atoms with Gasteiger partial charge in [-0.2, -0.15) is 0 Å². The van der Waals surface area contributed by atoms with E-state index >= 15 is 0 Å². The summed E-state index contributed by atoms with van der Waals surface area (Å²) in [7, 11) is 0. The standard InChI is InChI=1S/C24H22ClN3O4S/c25-16-9-7-15(8-10-16)12-26-20(29)14-33-24-27-21-18-5-1-2-6-19(18)32-22(21)23(30)28(24)13-17-4-3-11-31-17/h1-2,5-10,17H,3-4,11-14H2,(H,26,29)/t17-/m0/s1. The van der Waals surface area contributed by atoms with E-state index < -0.39 is 0 Å². The van der Waals surface area contributed by atoms with Crippen molar-refractivity contribution in [1.29, 1.82) is 0 Å². The summed E-state index contributed by atoms with van der Waals surface area (Å²) in [5.41, 5.74) is 2.06. The lowest BCUT2D eigenvalue weighted by Gasteiger charge is -2.15. The second-order valence-corrected chi connectivity index (χ2v) is 9.29. The van der Waals surface area contributed by atoms with Crippen molar-refractivity contribution < 1.29 is 13.9 Å². The minimum atomic E-state index is -0.254. The number of ether oxygens (including phenoxy) is 1. The summed E-state index contributed by atoms with van der Waals surface area (Å²) < 4.78 is 13.2. The van der Waals surface area contributed by atoms with E-state index in [1.807, 2.05) is 36.4 Å². The highest BCUT2D eigenvalue weighted by Gasteiger charge is 2.23. The van der Waals surface area contributed by atoms with Crippen LogP contribution in [-0.2, 0) is 22.6 Å². The molecule has 1 saturated heterocycles. The summed E-state index contributed by atoms with van der Waals surface area (Å²) in [4.78, 5) is 30.6. The third kappa shape index (κ3) is 4.78. The van der Waals surface area contributed by atoms with Crippen molar-refractivity contribution in [2.24, 2.45) is 0 Å². The zero-order valence-corrected chi connectivity index (χ0v) is 19.3. The number of fused-ring (bicyclic) bond motifs is 3. The first-order chi connectivity index (χ1) is 16.1. The molecule has 2 aromatic heterocycles. The molecular formula is C24H22ClN3O4S. The molecule has 1 aliphatic heterocycles. The minimum Gasteiger partial charge on any atom is -0.448 e. The SMILES string of the molecule is O=C(CSc1nc2c(oc3ccccc32)c(=O)n1C[C@@H]1CCCO1)NCc1ccc(Cl)cc1. The summed E-state index contributed by atoms with van der Waals surface area (Å²) >= 11 is 7.15. The van der Waals surface area contributed by atoms with Crippen LogP contribution in [0.25, 0.3) is 22.1 Å². The average Bonchev–Trinajstić information content (AvgIpc) is 3.47. The van der Waals surface area contributed by atoms with Gasteiger partial charge >= 0.3 is 0 Å². The molecule has 4 aromatic rings. The van der Waals surface area contributed by atoms with Crippen molar-refractivity contribution in [2.75, 3.05) is 12.4 Å². The number of halogens is 1. The molecule has 1 aliphatic rings. The Hall–Kier alpha value is -2.81. The van der Waals surface area contributed by atoms with Crippen molar-refractivity contribution in [2.45, 2.75) is 37.2 Å². The molecule has 3 heterocycles. The Bertz CT molecular complexity index is 1360. The van der Waals surface area contributed by atoms with E-state index in [9.17, 15) is 9.59 Å². The Morgan fingerprint density at radius 1 is 1.21 bits per heavy atom. The number of nitrogens with one attached hydrogen (secondary N) is 1. The predicted molar refractivity (Wildman–Crippen MR) is 129 cm³/mol. The van der Waals surface area contributed by atoms with Crippen molar-refractivity contribution in [3.05, 3.63) is 69.5 Å². The van der Waals surface area contributed by atoms with E-state index in [-0.39, 0.29) is 28.9 Å². The molecule has 1 N–H and O–H groups in total. The number of para-hydroxylation sites is 1. The normalized spacial score (nSPS) is 16.0. The average molecular weight is 484 g/mol. The van der Waals surface area contributed by atoms with E-state index in [0.29, 0.717) is 41.0 Å². The second-order valence-electron chi connectivity index (χ2n) is 7.91. The highest BCUT2D eigenvalue weighted by Crippen LogP contribution is 2.28. The number of aromatic nitrogens is 2. The molecule has 1 atom stereocenters. The van der Waals surface area contributed by atoms with Crippen molar-refractivity contribution in [3.8, 4) is 0 Å². The van der Waals surface area contributed by atoms with Crippen molar-refractivity contribution >= 4 is 51.3 Å². The number of furan rings is 1. The molecule has 0 saturated carbocycles. The van der Waals surface area contributed by atoms with Crippen LogP contribution in [0.3, 0.4) is 0 Å². The van der Waals surface area contributed by atoms with Gasteiger partial charge in [0.05, 0.1) is 18.4 Å². The van der Waals surface area contributed by atoms with Crippen LogP contribution in [0, 0.1) is 0 Å². The van der Waals surface area contributed by atoms with Crippen molar-refractivity contribution in [1.82, 2.24) is 14.9 Å². The molecule has 2 aromatic carbocycles. The fourth-order valence-electron chi connectivity index (χ4n) is 3.90. The van der Waals surface area contributed by atoms with Crippen LogP contribution in [-0.4, -0.2) is 33.9 Å². The van der Waals surface area contributed by atoms with Crippen LogP contribution in [0.15, 0.2) is 62.9 Å². The van der Waals surface area contributed by atoms with Crippen molar-refractivity contribution in [3.63, 3.8) is 0 Å². The molecule has 0 unspecified atom stereocenters. The Labute approximate surface area is 199 Å². The molecule has 0 bridgehead atoms. The summed E-state index contributed by atoms with van der Waals surface area (Å²) in [5.74, 6) is -0.0163. The number of carbonyl (C=O) groups is 1. The molecule has 1 fully saturated rings. The molecule has 9 heteroatoms. The maximum Gasteiger partial charge on any atom is 0.297 e. The number of carbonyl (C=O) groups excluding carboxylic acids is 1. The molecule has 1 amide bonds. The number of amides is 1. The van der Waals surface area contributed by atoms with Gasteiger partial charge in [-0.3, -0.25) is 14.2 Å². The van der Waals surface area contributed by atoms with Gasteiger partial charge in [0, 0.05) is 23.6 Å². The molecule has 5 rings (SSSR count). The Balaban J connectivity index is 1.39. The minimum absolute atomic E-state index is 0.0515. The first-order valence-corrected chi connectivity index (χ1v) is 12.1. The van der Waals surface area contributed by atoms with Gasteiger partial charge in [0.2, 0.25) is 11.5 Å². The maximum atomic E-state index is 13.3. The van der Waals surface area contributed by atoms with Gasteiger partial charge < -0.3 is 14.5 Å². The summed E-state index contributed by atoms with van der Waals surface area (Å²) in [6, 6.07) is 14.8. The molecule has 170 valence electrons. The van der Waals surface area contributed by atoms with Crippen LogP contribution in [0.5, 0.6) is 0 Å². The third-order valence-electron chi connectivity index (χ3n) is 5.59. The molecule has 0 radical (unpaired) electrons. The maximum absolute atomic E-state index is 13.3. The molecule has 0 spiro atoms. The van der Waals surface area contributed by atoms with Gasteiger partial charge in [-0.25, -0.2) is 4.98 Å². The van der Waals surface area contributed by atoms with Gasteiger partial charge in [-0.15, -0.1) is 0 Å². The highest BCUT2D eigenvalue weighted by molar-refractivity contribution is 7.99. The number of rotatable bonds is 7. The smallest absolute Gasteiger partial charge is 0.297 e. The largest absolute Gasteiger partial charge is 0.448 e. The van der Waals surface area contributed by atoms with Gasteiger partial charge in [0.1, 0.15) is 11.1 Å². The number of nitrogens with zero attached hydrogens (tertiary/aromatic N) is 2. The molecule has 7 nitrogen and oxygen atoms in total. The lowest BCUT2D eigenvalue weighted by atomic mass is 10.2. The second kappa shape index (κ2) is 9.59. The van der Waals surface area contributed by atoms with E-state index in [2.05, 4.69) is 5.32 Å². The van der Waals surface area contributed by atoms with Gasteiger partial charge in [-0.05, 0) is 42.7 Å². The fraction of sp³-hybridized carbons (Fsp3) is 0.292. The van der Waals surface area contributed by atoms with E-state index in [1.165, 1.54) is 11.8 Å². The first kappa shape index (κ1) is 22.0. The highest BCUT2D eigenvalue weighted by atomic mass is 35.5. The number of hydrogen-bond acceptors (Lipinski definition) is 6. The summed E-state index contributed by atoms with van der Waals surface area (Å²) in [6.07, 6.45) is 1.80. The monoisotopic (exact) mass is 483 g/mol. The predicted octanol–water partition coefficient (Wildman–Crippen LogP) is 4.38. The van der Waals surface area contributed by atoms with Gasteiger partial charge in [0.25, 0.3) is 5.56 Å². The Kier molecular flexibility index (Phi) is 6.39. The van der Waals surface area contributed by atoms with E-state index in [0.717, 1.165) is 23.8 Å². The zero-order chi connectivity index (χ0) is 22.8.